The third-order valence-corrected chi connectivity index (χ3v) is 3.97. The average molecular weight is 388 g/mol. The summed E-state index contributed by atoms with van der Waals surface area (Å²) in [7, 11) is 0. The minimum Gasteiger partial charge on any atom is -0.368 e. The lowest BCUT2D eigenvalue weighted by atomic mass is 10.3. The van der Waals surface area contributed by atoms with Gasteiger partial charge in [0, 0.05) is 23.8 Å². The van der Waals surface area contributed by atoms with E-state index in [4.69, 9.17) is 5.73 Å². The minimum absolute atomic E-state index is 0.0505. The molecular formula is C20H17FN8. The summed E-state index contributed by atoms with van der Waals surface area (Å²) < 4.78 is 13.1. The van der Waals surface area contributed by atoms with E-state index in [-0.39, 0.29) is 17.7 Å². The number of hydrogen-bond donors (Lipinski definition) is 2. The third kappa shape index (κ3) is 4.59. The van der Waals surface area contributed by atoms with Crippen LogP contribution in [0.25, 0.3) is 0 Å². The zero-order chi connectivity index (χ0) is 20.1. The molecule has 0 amide bonds. The number of hydrogen-bond acceptors (Lipinski definition) is 8. The fraction of sp³-hybridized carbons (Fsp3) is 0.0500. The van der Waals surface area contributed by atoms with Gasteiger partial charge in [-0.1, -0.05) is 18.2 Å². The van der Waals surface area contributed by atoms with Crippen LogP contribution in [0.3, 0.4) is 0 Å². The number of nitrogens with one attached hydrogen (secondary N) is 1. The molecule has 0 aliphatic rings. The molecule has 0 fully saturated rings. The van der Waals surface area contributed by atoms with Crippen LogP contribution in [-0.2, 0) is 6.54 Å². The summed E-state index contributed by atoms with van der Waals surface area (Å²) in [4.78, 5) is 23.3. The third-order valence-electron chi connectivity index (χ3n) is 3.97. The standard InChI is InChI=1S/C20H17FN8/c21-14-7-9-15(10-8-14)25-19-26-18(22)27-20(28-19)29(16-5-2-1-3-6-16)13-17-23-11-4-12-24-17/h1-12H,13H2,(H3,22,25,26,27,28). The van der Waals surface area contributed by atoms with Crippen molar-refractivity contribution in [3.8, 4) is 0 Å². The Balaban J connectivity index is 1.70. The van der Waals surface area contributed by atoms with Gasteiger partial charge in [0.25, 0.3) is 0 Å². The van der Waals surface area contributed by atoms with Crippen molar-refractivity contribution in [1.82, 2.24) is 24.9 Å². The normalized spacial score (nSPS) is 10.5. The molecule has 9 heteroatoms. The molecule has 0 saturated heterocycles. The van der Waals surface area contributed by atoms with Gasteiger partial charge in [-0.2, -0.15) is 15.0 Å². The van der Waals surface area contributed by atoms with Gasteiger partial charge >= 0.3 is 0 Å². The summed E-state index contributed by atoms with van der Waals surface area (Å²) in [6.45, 7) is 0.338. The number of anilines is 5. The maximum absolute atomic E-state index is 13.1. The van der Waals surface area contributed by atoms with Crippen LogP contribution < -0.4 is 16.0 Å². The molecule has 2 heterocycles. The van der Waals surface area contributed by atoms with E-state index in [1.54, 1.807) is 30.6 Å². The first-order valence-electron chi connectivity index (χ1n) is 8.80. The Kier molecular flexibility index (Phi) is 5.19. The summed E-state index contributed by atoms with van der Waals surface area (Å²) in [5, 5.41) is 3.02. The van der Waals surface area contributed by atoms with Crippen molar-refractivity contribution < 1.29 is 4.39 Å². The number of nitrogens with two attached hydrogens (primary N) is 1. The summed E-state index contributed by atoms with van der Waals surface area (Å²) in [5.74, 6) is 0.900. The van der Waals surface area contributed by atoms with Gasteiger partial charge in [0.1, 0.15) is 11.6 Å². The molecule has 4 aromatic rings. The first-order chi connectivity index (χ1) is 14.2. The van der Waals surface area contributed by atoms with E-state index in [2.05, 4.69) is 30.2 Å². The molecule has 2 aromatic carbocycles. The maximum atomic E-state index is 13.1. The van der Waals surface area contributed by atoms with Gasteiger partial charge < -0.3 is 16.0 Å². The van der Waals surface area contributed by atoms with E-state index < -0.39 is 0 Å². The Morgan fingerprint density at radius 3 is 2.31 bits per heavy atom. The van der Waals surface area contributed by atoms with E-state index in [0.717, 1.165) is 5.69 Å². The van der Waals surface area contributed by atoms with Crippen LogP contribution in [0.1, 0.15) is 5.82 Å². The highest BCUT2D eigenvalue weighted by atomic mass is 19.1. The van der Waals surface area contributed by atoms with Crippen molar-refractivity contribution in [1.29, 1.82) is 0 Å². The Morgan fingerprint density at radius 1 is 0.862 bits per heavy atom. The van der Waals surface area contributed by atoms with Gasteiger partial charge in [0.15, 0.2) is 0 Å². The highest BCUT2D eigenvalue weighted by molar-refractivity contribution is 5.61. The number of nitrogens with zero attached hydrogens (tertiary/aromatic N) is 6. The van der Waals surface area contributed by atoms with Gasteiger partial charge in [-0.25, -0.2) is 14.4 Å². The van der Waals surface area contributed by atoms with E-state index >= 15 is 0 Å². The van der Waals surface area contributed by atoms with Crippen LogP contribution in [0.2, 0.25) is 0 Å². The molecule has 29 heavy (non-hydrogen) atoms. The van der Waals surface area contributed by atoms with Gasteiger partial charge in [0.2, 0.25) is 17.8 Å². The number of aromatic nitrogens is 5. The molecule has 4 rings (SSSR count). The molecule has 3 N–H and O–H groups in total. The summed E-state index contributed by atoms with van der Waals surface area (Å²) in [5.41, 5.74) is 7.40. The quantitative estimate of drug-likeness (QED) is 0.517. The zero-order valence-electron chi connectivity index (χ0n) is 15.3. The maximum Gasteiger partial charge on any atom is 0.236 e. The Labute approximate surface area is 166 Å². The Morgan fingerprint density at radius 2 is 1.59 bits per heavy atom. The van der Waals surface area contributed by atoms with Crippen LogP contribution in [-0.4, -0.2) is 24.9 Å². The molecule has 8 nitrogen and oxygen atoms in total. The Hall–Kier alpha value is -4.14. The molecule has 0 aliphatic heterocycles. The summed E-state index contributed by atoms with van der Waals surface area (Å²) in [6, 6.07) is 17.2. The summed E-state index contributed by atoms with van der Waals surface area (Å²) in [6.07, 6.45) is 3.35. The fourth-order valence-corrected chi connectivity index (χ4v) is 2.66. The van der Waals surface area contributed by atoms with Crippen molar-refractivity contribution >= 4 is 29.2 Å². The van der Waals surface area contributed by atoms with E-state index in [1.165, 1.54) is 12.1 Å². The molecule has 0 radical (unpaired) electrons. The van der Waals surface area contributed by atoms with Gasteiger partial charge in [-0.15, -0.1) is 0 Å². The number of rotatable bonds is 6. The first kappa shape index (κ1) is 18.2. The lowest BCUT2D eigenvalue weighted by Crippen LogP contribution is -2.22. The fourth-order valence-electron chi connectivity index (χ4n) is 2.66. The lowest BCUT2D eigenvalue weighted by Gasteiger charge is -2.22. The van der Waals surface area contributed by atoms with Gasteiger partial charge in [-0.3, -0.25) is 0 Å². The average Bonchev–Trinajstić information content (AvgIpc) is 2.75. The molecule has 0 saturated carbocycles. The summed E-state index contributed by atoms with van der Waals surface area (Å²) >= 11 is 0. The Bertz CT molecular complexity index is 1070. The largest absolute Gasteiger partial charge is 0.368 e. The highest BCUT2D eigenvalue weighted by Crippen LogP contribution is 2.25. The molecule has 0 spiro atoms. The van der Waals surface area contributed by atoms with E-state index in [0.29, 0.717) is 24.0 Å². The predicted octanol–water partition coefficient (Wildman–Crippen LogP) is 3.46. The van der Waals surface area contributed by atoms with Crippen molar-refractivity contribution in [2.45, 2.75) is 6.54 Å². The first-order valence-corrected chi connectivity index (χ1v) is 8.80. The number of halogens is 1. The number of nitrogen functional groups attached to an aromatic ring is 1. The molecular weight excluding hydrogens is 371 g/mol. The van der Waals surface area contributed by atoms with Gasteiger partial charge in [-0.05, 0) is 42.5 Å². The predicted molar refractivity (Wildman–Crippen MR) is 108 cm³/mol. The molecule has 0 aliphatic carbocycles. The van der Waals surface area contributed by atoms with Crippen LogP contribution in [0.5, 0.6) is 0 Å². The molecule has 144 valence electrons. The topological polar surface area (TPSA) is 106 Å². The second kappa shape index (κ2) is 8.26. The monoisotopic (exact) mass is 388 g/mol. The molecule has 0 unspecified atom stereocenters. The zero-order valence-corrected chi connectivity index (χ0v) is 15.3. The molecule has 2 aromatic heterocycles. The van der Waals surface area contributed by atoms with Crippen LogP contribution >= 0.6 is 0 Å². The van der Waals surface area contributed by atoms with Crippen LogP contribution in [0, 0.1) is 5.82 Å². The van der Waals surface area contributed by atoms with Crippen molar-refractivity contribution in [3.63, 3.8) is 0 Å². The molecule has 0 atom stereocenters. The van der Waals surface area contributed by atoms with Crippen molar-refractivity contribution in [2.75, 3.05) is 16.0 Å². The molecule has 0 bridgehead atoms. The number of para-hydroxylation sites is 1. The van der Waals surface area contributed by atoms with E-state index in [9.17, 15) is 4.39 Å². The second-order valence-corrected chi connectivity index (χ2v) is 6.04. The highest BCUT2D eigenvalue weighted by Gasteiger charge is 2.17. The number of benzene rings is 2. The SMILES string of the molecule is Nc1nc(Nc2ccc(F)cc2)nc(N(Cc2ncccn2)c2ccccc2)n1. The van der Waals surface area contributed by atoms with Crippen molar-refractivity contribution in [3.05, 3.63) is 84.7 Å². The minimum atomic E-state index is -0.329. The smallest absolute Gasteiger partial charge is 0.236 e. The lowest BCUT2D eigenvalue weighted by molar-refractivity contribution is 0.628. The van der Waals surface area contributed by atoms with E-state index in [1.807, 2.05) is 35.2 Å². The van der Waals surface area contributed by atoms with Crippen molar-refractivity contribution in [2.24, 2.45) is 0 Å². The van der Waals surface area contributed by atoms with Crippen LogP contribution in [0.15, 0.2) is 73.1 Å². The second-order valence-electron chi connectivity index (χ2n) is 6.04. The van der Waals surface area contributed by atoms with Gasteiger partial charge in [0.05, 0.1) is 6.54 Å². The van der Waals surface area contributed by atoms with Crippen LogP contribution in [0.4, 0.5) is 33.6 Å².